The van der Waals surface area contributed by atoms with E-state index in [2.05, 4.69) is 20.9 Å². The van der Waals surface area contributed by atoms with Crippen molar-refractivity contribution in [1.82, 2.24) is 4.98 Å². The summed E-state index contributed by atoms with van der Waals surface area (Å²) < 4.78 is 11.0. The predicted molar refractivity (Wildman–Crippen MR) is 55.2 cm³/mol. The lowest BCUT2D eigenvalue weighted by Crippen LogP contribution is -2.01. The van der Waals surface area contributed by atoms with Crippen molar-refractivity contribution in [2.75, 3.05) is 20.3 Å². The molecule has 1 rings (SSSR count). The highest BCUT2D eigenvalue weighted by Gasteiger charge is 2.03. The van der Waals surface area contributed by atoms with Crippen molar-refractivity contribution in [1.29, 1.82) is 0 Å². The normalized spacial score (nSPS) is 10.2. The van der Waals surface area contributed by atoms with Crippen LogP contribution in [-0.2, 0) is 11.3 Å². The van der Waals surface area contributed by atoms with Crippen LogP contribution in [0.4, 0.5) is 0 Å². The van der Waals surface area contributed by atoms with Gasteiger partial charge in [-0.05, 0) is 28.1 Å². The van der Waals surface area contributed by atoms with E-state index in [0.717, 1.165) is 10.2 Å². The zero-order chi connectivity index (χ0) is 10.4. The number of ether oxygens (including phenoxy) is 2. The molecule has 0 saturated carbocycles. The molecular weight excluding hydrogens is 250 g/mol. The highest BCUT2D eigenvalue weighted by Crippen LogP contribution is 2.22. The van der Waals surface area contributed by atoms with Gasteiger partial charge in [-0.1, -0.05) is 0 Å². The zero-order valence-electron chi connectivity index (χ0n) is 7.86. The molecule has 0 aliphatic heterocycles. The topological polar surface area (TPSA) is 51.6 Å². The van der Waals surface area contributed by atoms with E-state index in [9.17, 15) is 0 Å². The van der Waals surface area contributed by atoms with Crippen molar-refractivity contribution in [2.45, 2.75) is 6.61 Å². The van der Waals surface area contributed by atoms with Gasteiger partial charge < -0.3 is 14.6 Å². The Kier molecular flexibility index (Phi) is 4.86. The van der Waals surface area contributed by atoms with Crippen LogP contribution in [0.15, 0.2) is 16.6 Å². The number of methoxy groups -OCH3 is 1. The van der Waals surface area contributed by atoms with Gasteiger partial charge >= 0.3 is 0 Å². The summed E-state index contributed by atoms with van der Waals surface area (Å²) in [6.45, 7) is 0.720. The van der Waals surface area contributed by atoms with Crippen LogP contribution in [0.1, 0.15) is 5.69 Å². The molecule has 0 fully saturated rings. The zero-order valence-corrected chi connectivity index (χ0v) is 9.45. The average Bonchev–Trinajstić information content (AvgIpc) is 2.21. The molecule has 0 aromatic carbocycles. The van der Waals surface area contributed by atoms with E-state index in [4.69, 9.17) is 14.6 Å². The summed E-state index contributed by atoms with van der Waals surface area (Å²) in [5, 5.41) is 8.51. The van der Waals surface area contributed by atoms with Gasteiger partial charge in [-0.3, -0.25) is 0 Å². The van der Waals surface area contributed by atoms with Crippen LogP contribution >= 0.6 is 15.9 Å². The van der Waals surface area contributed by atoms with Crippen LogP contribution in [-0.4, -0.2) is 30.4 Å². The minimum absolute atomic E-state index is 0.0215. The van der Waals surface area contributed by atoms with Gasteiger partial charge in [-0.25, -0.2) is 4.98 Å². The number of nitrogens with zero attached hydrogens (tertiary/aromatic N) is 1. The SMILES string of the molecule is COc1nc(COCCO)ccc1Br. The molecule has 0 aliphatic carbocycles. The predicted octanol–water partition coefficient (Wildman–Crippen LogP) is 1.36. The van der Waals surface area contributed by atoms with Gasteiger partial charge in [0.15, 0.2) is 0 Å². The van der Waals surface area contributed by atoms with Crippen LogP contribution in [0.25, 0.3) is 0 Å². The second-order valence-electron chi connectivity index (χ2n) is 2.57. The van der Waals surface area contributed by atoms with Gasteiger partial charge in [-0.2, -0.15) is 0 Å². The molecule has 14 heavy (non-hydrogen) atoms. The fraction of sp³-hybridized carbons (Fsp3) is 0.444. The molecule has 4 nitrogen and oxygen atoms in total. The Bertz CT molecular complexity index is 293. The van der Waals surface area contributed by atoms with Crippen molar-refractivity contribution < 1.29 is 14.6 Å². The summed E-state index contributed by atoms with van der Waals surface area (Å²) in [4.78, 5) is 4.19. The molecule has 1 aromatic heterocycles. The smallest absolute Gasteiger partial charge is 0.228 e. The van der Waals surface area contributed by atoms with Crippen molar-refractivity contribution in [2.24, 2.45) is 0 Å². The van der Waals surface area contributed by atoms with Crippen molar-refractivity contribution >= 4 is 15.9 Å². The Morgan fingerprint density at radius 1 is 1.50 bits per heavy atom. The Balaban J connectivity index is 2.60. The first-order valence-corrected chi connectivity index (χ1v) is 4.95. The molecule has 0 spiro atoms. The first kappa shape index (κ1) is 11.4. The van der Waals surface area contributed by atoms with Gasteiger partial charge in [0.25, 0.3) is 0 Å². The second kappa shape index (κ2) is 5.95. The lowest BCUT2D eigenvalue weighted by Gasteiger charge is -2.05. The summed E-state index contributed by atoms with van der Waals surface area (Å²) in [6, 6.07) is 3.69. The van der Waals surface area contributed by atoms with Crippen LogP contribution in [0, 0.1) is 0 Å². The Hall–Kier alpha value is -0.650. The Morgan fingerprint density at radius 3 is 2.93 bits per heavy atom. The van der Waals surface area contributed by atoms with Crippen molar-refractivity contribution in [3.63, 3.8) is 0 Å². The molecule has 1 heterocycles. The molecule has 0 bridgehead atoms. The van der Waals surface area contributed by atoms with E-state index in [0.29, 0.717) is 19.1 Å². The number of hydrogen-bond acceptors (Lipinski definition) is 4. The molecule has 0 unspecified atom stereocenters. The maximum atomic E-state index is 8.51. The monoisotopic (exact) mass is 261 g/mol. The third kappa shape index (κ3) is 3.25. The van der Waals surface area contributed by atoms with Gasteiger partial charge in [0.05, 0.1) is 37.1 Å². The first-order chi connectivity index (χ1) is 6.77. The van der Waals surface area contributed by atoms with E-state index in [1.165, 1.54) is 0 Å². The van der Waals surface area contributed by atoms with Gasteiger partial charge in [0, 0.05) is 0 Å². The summed E-state index contributed by atoms with van der Waals surface area (Å²) in [7, 11) is 1.56. The highest BCUT2D eigenvalue weighted by atomic mass is 79.9. The molecule has 5 heteroatoms. The van der Waals surface area contributed by atoms with Crippen LogP contribution < -0.4 is 4.74 Å². The molecule has 1 N–H and O–H groups in total. The molecule has 0 saturated heterocycles. The number of hydrogen-bond donors (Lipinski definition) is 1. The lowest BCUT2D eigenvalue weighted by molar-refractivity contribution is 0.0794. The molecule has 1 aromatic rings. The molecule has 0 atom stereocenters. The summed E-state index contributed by atoms with van der Waals surface area (Å²) in [6.07, 6.45) is 0. The minimum atomic E-state index is 0.0215. The first-order valence-electron chi connectivity index (χ1n) is 4.16. The number of halogens is 1. The van der Waals surface area contributed by atoms with Gasteiger partial charge in [0.1, 0.15) is 0 Å². The van der Waals surface area contributed by atoms with Gasteiger partial charge in [0.2, 0.25) is 5.88 Å². The number of aliphatic hydroxyl groups is 1. The maximum absolute atomic E-state index is 8.51. The van der Waals surface area contributed by atoms with Crippen LogP contribution in [0.5, 0.6) is 5.88 Å². The number of rotatable bonds is 5. The molecular formula is C9H12BrNO3. The Labute approximate surface area is 91.0 Å². The summed E-state index contributed by atoms with van der Waals surface area (Å²) >= 11 is 3.30. The second-order valence-corrected chi connectivity index (χ2v) is 3.42. The minimum Gasteiger partial charge on any atom is -0.480 e. The number of aromatic nitrogens is 1. The largest absolute Gasteiger partial charge is 0.480 e. The van der Waals surface area contributed by atoms with Crippen LogP contribution in [0.3, 0.4) is 0 Å². The van der Waals surface area contributed by atoms with E-state index < -0.39 is 0 Å². The standard InChI is InChI=1S/C9H12BrNO3/c1-13-9-8(10)3-2-7(11-9)6-14-5-4-12/h2-3,12H,4-6H2,1H3. The van der Waals surface area contributed by atoms with Crippen molar-refractivity contribution in [3.8, 4) is 5.88 Å². The average molecular weight is 262 g/mol. The fourth-order valence-corrected chi connectivity index (χ4v) is 1.31. The van der Waals surface area contributed by atoms with E-state index in [1.807, 2.05) is 12.1 Å². The van der Waals surface area contributed by atoms with E-state index in [-0.39, 0.29) is 6.61 Å². The number of pyridine rings is 1. The van der Waals surface area contributed by atoms with Crippen LogP contribution in [0.2, 0.25) is 0 Å². The molecule has 0 amide bonds. The molecule has 78 valence electrons. The fourth-order valence-electron chi connectivity index (χ4n) is 0.927. The summed E-state index contributed by atoms with van der Waals surface area (Å²) in [5.41, 5.74) is 0.776. The maximum Gasteiger partial charge on any atom is 0.228 e. The summed E-state index contributed by atoms with van der Waals surface area (Å²) in [5.74, 6) is 0.537. The van der Waals surface area contributed by atoms with E-state index >= 15 is 0 Å². The third-order valence-electron chi connectivity index (χ3n) is 1.55. The van der Waals surface area contributed by atoms with Crippen molar-refractivity contribution in [3.05, 3.63) is 22.3 Å². The molecule has 0 aliphatic rings. The Morgan fingerprint density at radius 2 is 2.29 bits per heavy atom. The number of aliphatic hydroxyl groups excluding tert-OH is 1. The van der Waals surface area contributed by atoms with E-state index in [1.54, 1.807) is 7.11 Å². The van der Waals surface area contributed by atoms with Gasteiger partial charge in [-0.15, -0.1) is 0 Å². The molecule has 0 radical (unpaired) electrons. The highest BCUT2D eigenvalue weighted by molar-refractivity contribution is 9.10. The third-order valence-corrected chi connectivity index (χ3v) is 2.15. The quantitative estimate of drug-likeness (QED) is 0.814. The lowest BCUT2D eigenvalue weighted by atomic mass is 10.3.